The van der Waals surface area contributed by atoms with Crippen molar-refractivity contribution < 1.29 is 19.2 Å². The van der Waals surface area contributed by atoms with Crippen LogP contribution in [-0.4, -0.2) is 41.1 Å². The molecule has 4 N–H and O–H groups in total. The molecule has 3 heterocycles. The number of benzene rings is 1. The third kappa shape index (κ3) is 2.85. The normalized spacial score (nSPS) is 30.1. The second kappa shape index (κ2) is 7.11. The molecule has 0 radical (unpaired) electrons. The van der Waals surface area contributed by atoms with Gasteiger partial charge >= 0.3 is 0 Å². The zero-order valence-electron chi connectivity index (χ0n) is 16.0. The molecule has 2 saturated heterocycles. The van der Waals surface area contributed by atoms with Gasteiger partial charge in [0, 0.05) is 35.3 Å². The molecule has 4 rings (SSSR count). The van der Waals surface area contributed by atoms with Gasteiger partial charge in [-0.3, -0.25) is 29.4 Å². The van der Waals surface area contributed by atoms with Crippen LogP contribution in [0.1, 0.15) is 38.2 Å². The predicted molar refractivity (Wildman–Crippen MR) is 106 cm³/mol. The molecule has 3 aliphatic rings. The lowest BCUT2D eigenvalue weighted by atomic mass is 9.76. The van der Waals surface area contributed by atoms with Crippen molar-refractivity contribution in [3.8, 4) is 0 Å². The number of nitrogens with one attached hydrogen (secondary N) is 2. The fourth-order valence-corrected chi connectivity index (χ4v) is 5.09. The number of fused-ring (bicyclic) bond motifs is 4. The van der Waals surface area contributed by atoms with Gasteiger partial charge in [0.25, 0.3) is 0 Å². The molecule has 154 valence electrons. The van der Waals surface area contributed by atoms with Gasteiger partial charge in [0.2, 0.25) is 23.6 Å². The highest BCUT2D eigenvalue weighted by Gasteiger charge is 2.70. The Morgan fingerprint density at radius 1 is 1.28 bits per heavy atom. The van der Waals surface area contributed by atoms with E-state index in [1.54, 1.807) is 18.2 Å². The molecule has 9 heteroatoms. The number of unbranched alkanes of at least 4 members (excludes halogenated alkanes) is 1. The number of halogens is 1. The molecule has 3 aliphatic heterocycles. The molecule has 1 aromatic rings. The Kier molecular flexibility index (Phi) is 4.86. The van der Waals surface area contributed by atoms with Crippen LogP contribution < -0.4 is 16.4 Å². The number of carbonyl (C=O) groups excluding carboxylic acids is 4. The Morgan fingerprint density at radius 2 is 2.03 bits per heavy atom. The summed E-state index contributed by atoms with van der Waals surface area (Å²) in [4.78, 5) is 52.3. The van der Waals surface area contributed by atoms with E-state index < -0.39 is 29.3 Å². The Hall–Kier alpha value is -2.45. The van der Waals surface area contributed by atoms with Crippen molar-refractivity contribution in [2.75, 3.05) is 11.9 Å². The van der Waals surface area contributed by atoms with E-state index in [1.165, 1.54) is 4.90 Å². The molecule has 1 aromatic carbocycles. The fraction of sp³-hybridized carbons (Fsp3) is 0.500. The number of likely N-dealkylation sites (tertiary alicyclic amines) is 1. The molecule has 29 heavy (non-hydrogen) atoms. The average molecular weight is 419 g/mol. The third-order valence-corrected chi connectivity index (χ3v) is 6.44. The Morgan fingerprint density at radius 3 is 2.72 bits per heavy atom. The van der Waals surface area contributed by atoms with E-state index in [1.807, 2.05) is 6.92 Å². The minimum atomic E-state index is -1.39. The quantitative estimate of drug-likeness (QED) is 0.598. The summed E-state index contributed by atoms with van der Waals surface area (Å²) < 4.78 is 0. The minimum Gasteiger partial charge on any atom is -0.370 e. The lowest BCUT2D eigenvalue weighted by molar-refractivity contribution is -0.143. The zero-order valence-corrected chi connectivity index (χ0v) is 16.8. The highest BCUT2D eigenvalue weighted by Crippen LogP contribution is 2.53. The molecule has 4 atom stereocenters. The maximum absolute atomic E-state index is 13.3. The summed E-state index contributed by atoms with van der Waals surface area (Å²) in [6.07, 6.45) is 1.84. The van der Waals surface area contributed by atoms with Crippen LogP contribution >= 0.6 is 11.6 Å². The number of amides is 4. The standard InChI is InChI=1S/C20H23ClN4O4/c1-2-3-8-25-17(27)15-13(6-7-14(22)26)24-20(16(15)18(25)28)11-9-10(21)4-5-12(11)23-19(20)29/h4-5,9,13,15-16,24H,2-3,6-8H2,1H3,(H2,22,26)(H,23,29)/t13-,15+,16-,20-/m0/s1. The summed E-state index contributed by atoms with van der Waals surface area (Å²) in [5.41, 5.74) is 5.04. The molecule has 1 spiro atoms. The second-order valence-corrected chi connectivity index (χ2v) is 8.33. The highest BCUT2D eigenvalue weighted by atomic mass is 35.5. The Labute approximate surface area is 173 Å². The van der Waals surface area contributed by atoms with Crippen LogP contribution in [0.5, 0.6) is 0 Å². The largest absolute Gasteiger partial charge is 0.370 e. The lowest BCUT2D eigenvalue weighted by Gasteiger charge is -2.29. The number of carbonyl (C=O) groups is 4. The van der Waals surface area contributed by atoms with Crippen LogP contribution in [-0.2, 0) is 24.7 Å². The number of nitrogens with two attached hydrogens (primary N) is 1. The first kappa shape index (κ1) is 19.8. The van der Waals surface area contributed by atoms with E-state index in [0.717, 1.165) is 6.42 Å². The zero-order chi connectivity index (χ0) is 20.9. The third-order valence-electron chi connectivity index (χ3n) is 6.21. The monoisotopic (exact) mass is 418 g/mol. The van der Waals surface area contributed by atoms with Gasteiger partial charge in [-0.2, -0.15) is 0 Å². The van der Waals surface area contributed by atoms with E-state index in [-0.39, 0.29) is 30.6 Å². The first-order valence-electron chi connectivity index (χ1n) is 9.84. The van der Waals surface area contributed by atoms with Gasteiger partial charge in [0.1, 0.15) is 5.54 Å². The molecular weight excluding hydrogens is 396 g/mol. The van der Waals surface area contributed by atoms with Crippen molar-refractivity contribution in [3.63, 3.8) is 0 Å². The van der Waals surface area contributed by atoms with Crippen LogP contribution in [0.4, 0.5) is 5.69 Å². The topological polar surface area (TPSA) is 122 Å². The number of hydrogen-bond donors (Lipinski definition) is 3. The summed E-state index contributed by atoms with van der Waals surface area (Å²) in [6, 6.07) is 4.48. The maximum atomic E-state index is 13.3. The SMILES string of the molecule is CCCCN1C(=O)[C@@H]2[C@H](CCC(N)=O)N[C@]3(C(=O)Nc4ccc(Cl)cc43)[C@@H]2C1=O. The van der Waals surface area contributed by atoms with Crippen LogP contribution in [0, 0.1) is 11.8 Å². The van der Waals surface area contributed by atoms with Gasteiger partial charge in [-0.05, 0) is 31.0 Å². The molecule has 0 aliphatic carbocycles. The lowest BCUT2D eigenvalue weighted by Crippen LogP contribution is -2.53. The van der Waals surface area contributed by atoms with Crippen molar-refractivity contribution in [1.82, 2.24) is 10.2 Å². The van der Waals surface area contributed by atoms with E-state index >= 15 is 0 Å². The maximum Gasteiger partial charge on any atom is 0.250 e. The molecule has 4 amide bonds. The van der Waals surface area contributed by atoms with Crippen molar-refractivity contribution in [2.24, 2.45) is 17.6 Å². The van der Waals surface area contributed by atoms with Crippen molar-refractivity contribution in [1.29, 1.82) is 0 Å². The first-order chi connectivity index (χ1) is 13.8. The average Bonchev–Trinajstić information content (AvgIpc) is 3.24. The summed E-state index contributed by atoms with van der Waals surface area (Å²) >= 11 is 6.19. The van der Waals surface area contributed by atoms with Crippen LogP contribution in [0.3, 0.4) is 0 Å². The van der Waals surface area contributed by atoms with Gasteiger partial charge in [0.05, 0.1) is 11.8 Å². The Balaban J connectivity index is 1.81. The summed E-state index contributed by atoms with van der Waals surface area (Å²) in [5, 5.41) is 6.49. The van der Waals surface area contributed by atoms with Gasteiger partial charge in [-0.15, -0.1) is 0 Å². The molecule has 0 aromatic heterocycles. The number of hydrogen-bond acceptors (Lipinski definition) is 5. The second-order valence-electron chi connectivity index (χ2n) is 7.89. The molecule has 8 nitrogen and oxygen atoms in total. The van der Waals surface area contributed by atoms with Gasteiger partial charge in [0.15, 0.2) is 0 Å². The first-order valence-corrected chi connectivity index (χ1v) is 10.2. The van der Waals surface area contributed by atoms with Gasteiger partial charge in [-0.25, -0.2) is 0 Å². The smallest absolute Gasteiger partial charge is 0.250 e. The number of anilines is 1. The van der Waals surface area contributed by atoms with Crippen molar-refractivity contribution in [3.05, 3.63) is 28.8 Å². The number of nitrogens with zero attached hydrogens (tertiary/aromatic N) is 1. The van der Waals surface area contributed by atoms with Gasteiger partial charge < -0.3 is 11.1 Å². The van der Waals surface area contributed by atoms with Crippen LogP contribution in [0.2, 0.25) is 5.02 Å². The van der Waals surface area contributed by atoms with E-state index in [2.05, 4.69) is 10.6 Å². The van der Waals surface area contributed by atoms with Gasteiger partial charge in [-0.1, -0.05) is 24.9 Å². The van der Waals surface area contributed by atoms with Crippen LogP contribution in [0.25, 0.3) is 0 Å². The molecule has 0 unspecified atom stereocenters. The van der Waals surface area contributed by atoms with Crippen LogP contribution in [0.15, 0.2) is 18.2 Å². The number of imide groups is 1. The van der Waals surface area contributed by atoms with Crippen molar-refractivity contribution >= 4 is 40.9 Å². The van der Waals surface area contributed by atoms with Crippen molar-refractivity contribution in [2.45, 2.75) is 44.2 Å². The summed E-state index contributed by atoms with van der Waals surface area (Å²) in [5.74, 6) is -3.15. The number of rotatable bonds is 6. The van der Waals surface area contributed by atoms with E-state index in [0.29, 0.717) is 29.2 Å². The molecule has 0 saturated carbocycles. The van der Waals surface area contributed by atoms with E-state index in [4.69, 9.17) is 17.3 Å². The molecule has 2 fully saturated rings. The fourth-order valence-electron chi connectivity index (χ4n) is 4.92. The highest BCUT2D eigenvalue weighted by molar-refractivity contribution is 6.31. The minimum absolute atomic E-state index is 0.0530. The summed E-state index contributed by atoms with van der Waals surface area (Å²) in [6.45, 7) is 2.30. The predicted octanol–water partition coefficient (Wildman–Crippen LogP) is 1.13. The summed E-state index contributed by atoms with van der Waals surface area (Å²) in [7, 11) is 0. The van der Waals surface area contributed by atoms with E-state index in [9.17, 15) is 19.2 Å². The molecule has 0 bridgehead atoms. The Bertz CT molecular complexity index is 920. The molecular formula is C20H23ClN4O4. The number of primary amides is 1.